The molecule has 0 bridgehead atoms. The van der Waals surface area contributed by atoms with Gasteiger partial charge in [0.15, 0.2) is 0 Å². The molecule has 1 aromatic heterocycles. The molecule has 1 aromatic carbocycles. The highest BCUT2D eigenvalue weighted by Gasteiger charge is 2.16. The molecule has 25 heavy (non-hydrogen) atoms. The van der Waals surface area contributed by atoms with Gasteiger partial charge in [-0.25, -0.2) is 0 Å². The van der Waals surface area contributed by atoms with Gasteiger partial charge in [-0.2, -0.15) is 5.10 Å². The van der Waals surface area contributed by atoms with Crippen molar-refractivity contribution in [2.45, 2.75) is 33.4 Å². The Hall–Kier alpha value is -1.69. The number of benzene rings is 1. The summed E-state index contributed by atoms with van der Waals surface area (Å²) < 4.78 is 0. The molecule has 2 aromatic rings. The molecule has 0 aliphatic carbocycles. The van der Waals surface area contributed by atoms with Gasteiger partial charge in [-0.05, 0) is 38.9 Å². The monoisotopic (exact) mass is 341 g/mol. The number of aryl methyl sites for hydroxylation is 2. The topological polar surface area (TPSA) is 47.2 Å². The Morgan fingerprint density at radius 2 is 1.76 bits per heavy atom. The van der Waals surface area contributed by atoms with Gasteiger partial charge in [0.1, 0.15) is 0 Å². The smallest absolute Gasteiger partial charge is 0.0638 e. The first-order valence-corrected chi connectivity index (χ1v) is 9.42. The number of aromatic amines is 1. The van der Waals surface area contributed by atoms with E-state index in [0.29, 0.717) is 0 Å². The van der Waals surface area contributed by atoms with Crippen molar-refractivity contribution in [2.24, 2.45) is 0 Å². The van der Waals surface area contributed by atoms with Gasteiger partial charge in [-0.1, -0.05) is 30.3 Å². The molecule has 1 aliphatic heterocycles. The molecule has 1 saturated heterocycles. The number of piperazine rings is 1. The van der Waals surface area contributed by atoms with Crippen LogP contribution in [0, 0.1) is 13.8 Å². The lowest BCUT2D eigenvalue weighted by molar-refractivity contribution is 0.126. The van der Waals surface area contributed by atoms with E-state index >= 15 is 0 Å². The summed E-state index contributed by atoms with van der Waals surface area (Å²) in [5.41, 5.74) is 5.03. The van der Waals surface area contributed by atoms with Crippen LogP contribution in [0.5, 0.6) is 0 Å². The van der Waals surface area contributed by atoms with Crippen LogP contribution >= 0.6 is 0 Å². The normalized spacial score (nSPS) is 16.4. The fourth-order valence-corrected chi connectivity index (χ4v) is 3.49. The number of hydrogen-bond acceptors (Lipinski definition) is 4. The van der Waals surface area contributed by atoms with E-state index in [1.165, 1.54) is 56.0 Å². The maximum atomic E-state index is 4.25. The van der Waals surface area contributed by atoms with Crippen molar-refractivity contribution in [1.29, 1.82) is 0 Å². The maximum Gasteiger partial charge on any atom is 0.0638 e. The first-order chi connectivity index (χ1) is 12.2. The second-order valence-electron chi connectivity index (χ2n) is 7.05. The van der Waals surface area contributed by atoms with Crippen LogP contribution < -0.4 is 5.32 Å². The first kappa shape index (κ1) is 18.1. The van der Waals surface area contributed by atoms with Crippen molar-refractivity contribution in [3.05, 3.63) is 52.8 Å². The summed E-state index contributed by atoms with van der Waals surface area (Å²) in [6.07, 6.45) is 1.20. The SMILES string of the molecule is Cc1n[nH]c(C)c1CNCCCN1CCN(Cc2ccccc2)CC1. The molecule has 0 atom stereocenters. The number of aromatic nitrogens is 2. The van der Waals surface area contributed by atoms with E-state index < -0.39 is 0 Å². The van der Waals surface area contributed by atoms with Crippen molar-refractivity contribution < 1.29 is 0 Å². The summed E-state index contributed by atoms with van der Waals surface area (Å²) in [6.45, 7) is 13.1. The molecule has 1 fully saturated rings. The van der Waals surface area contributed by atoms with E-state index in [9.17, 15) is 0 Å². The summed E-state index contributed by atoms with van der Waals surface area (Å²) in [4.78, 5) is 5.16. The van der Waals surface area contributed by atoms with Crippen molar-refractivity contribution in [3.63, 3.8) is 0 Å². The predicted octanol–water partition coefficient (Wildman–Crippen LogP) is 2.32. The van der Waals surface area contributed by atoms with E-state index in [2.05, 4.69) is 69.5 Å². The fraction of sp³-hybridized carbons (Fsp3) is 0.550. The van der Waals surface area contributed by atoms with E-state index in [1.807, 2.05) is 0 Å². The Labute approximate surface area is 151 Å². The Balaban J connectivity index is 1.28. The van der Waals surface area contributed by atoms with Crippen LogP contribution in [0.4, 0.5) is 0 Å². The third-order valence-corrected chi connectivity index (χ3v) is 5.12. The lowest BCUT2D eigenvalue weighted by atomic mass is 10.2. The first-order valence-electron chi connectivity index (χ1n) is 9.42. The van der Waals surface area contributed by atoms with E-state index in [1.54, 1.807) is 0 Å². The van der Waals surface area contributed by atoms with Gasteiger partial charge in [0, 0.05) is 50.5 Å². The third-order valence-electron chi connectivity index (χ3n) is 5.12. The van der Waals surface area contributed by atoms with Crippen LogP contribution in [-0.2, 0) is 13.1 Å². The Kier molecular flexibility index (Phi) is 6.62. The zero-order valence-electron chi connectivity index (χ0n) is 15.6. The van der Waals surface area contributed by atoms with Crippen LogP contribution in [0.15, 0.2) is 30.3 Å². The third kappa shape index (κ3) is 5.39. The molecule has 0 unspecified atom stereocenters. The van der Waals surface area contributed by atoms with Crippen LogP contribution in [0.25, 0.3) is 0 Å². The predicted molar refractivity (Wildman–Crippen MR) is 103 cm³/mol. The molecule has 5 heteroatoms. The molecule has 1 aliphatic rings. The van der Waals surface area contributed by atoms with Crippen molar-refractivity contribution in [2.75, 3.05) is 39.3 Å². The Bertz CT molecular complexity index is 609. The average molecular weight is 342 g/mol. The van der Waals surface area contributed by atoms with E-state index in [-0.39, 0.29) is 0 Å². The molecule has 5 nitrogen and oxygen atoms in total. The molecule has 2 heterocycles. The summed E-state index contributed by atoms with van der Waals surface area (Å²) >= 11 is 0. The van der Waals surface area contributed by atoms with E-state index in [4.69, 9.17) is 0 Å². The number of rotatable bonds is 8. The number of nitrogens with one attached hydrogen (secondary N) is 2. The zero-order chi connectivity index (χ0) is 17.5. The highest BCUT2D eigenvalue weighted by Crippen LogP contribution is 2.09. The van der Waals surface area contributed by atoms with Gasteiger partial charge in [-0.15, -0.1) is 0 Å². The number of nitrogens with zero attached hydrogens (tertiary/aromatic N) is 3. The summed E-state index contributed by atoms with van der Waals surface area (Å²) in [5, 5.41) is 10.8. The van der Waals surface area contributed by atoms with E-state index in [0.717, 1.165) is 25.3 Å². The van der Waals surface area contributed by atoms with Gasteiger partial charge in [0.05, 0.1) is 5.69 Å². The second-order valence-corrected chi connectivity index (χ2v) is 7.05. The summed E-state index contributed by atoms with van der Waals surface area (Å²) in [6, 6.07) is 10.8. The van der Waals surface area contributed by atoms with Crippen molar-refractivity contribution >= 4 is 0 Å². The molecule has 2 N–H and O–H groups in total. The minimum Gasteiger partial charge on any atom is -0.312 e. The Morgan fingerprint density at radius 1 is 1.04 bits per heavy atom. The number of hydrogen-bond donors (Lipinski definition) is 2. The molecule has 0 spiro atoms. The molecular formula is C20H31N5. The highest BCUT2D eigenvalue weighted by atomic mass is 15.3. The maximum absolute atomic E-state index is 4.25. The van der Waals surface area contributed by atoms with Crippen molar-refractivity contribution in [3.8, 4) is 0 Å². The summed E-state index contributed by atoms with van der Waals surface area (Å²) in [7, 11) is 0. The minimum absolute atomic E-state index is 0.916. The molecular weight excluding hydrogens is 310 g/mol. The van der Waals surface area contributed by atoms with Crippen LogP contribution in [0.2, 0.25) is 0 Å². The summed E-state index contributed by atoms with van der Waals surface area (Å²) in [5.74, 6) is 0. The van der Waals surface area contributed by atoms with Gasteiger partial charge >= 0.3 is 0 Å². The lowest BCUT2D eigenvalue weighted by Gasteiger charge is -2.34. The molecule has 0 radical (unpaired) electrons. The van der Waals surface area contributed by atoms with Gasteiger partial charge in [0.2, 0.25) is 0 Å². The lowest BCUT2D eigenvalue weighted by Crippen LogP contribution is -2.46. The molecule has 3 rings (SSSR count). The largest absolute Gasteiger partial charge is 0.312 e. The molecule has 0 saturated carbocycles. The van der Waals surface area contributed by atoms with Crippen molar-refractivity contribution in [1.82, 2.24) is 25.3 Å². The minimum atomic E-state index is 0.916. The fourth-order valence-electron chi connectivity index (χ4n) is 3.49. The number of H-pyrrole nitrogens is 1. The second kappa shape index (κ2) is 9.13. The van der Waals surface area contributed by atoms with Crippen LogP contribution in [-0.4, -0.2) is 59.3 Å². The molecule has 136 valence electrons. The Morgan fingerprint density at radius 3 is 2.44 bits per heavy atom. The van der Waals surface area contributed by atoms with Crippen LogP contribution in [0.1, 0.15) is 28.9 Å². The van der Waals surface area contributed by atoms with Gasteiger partial charge in [0.25, 0.3) is 0 Å². The van der Waals surface area contributed by atoms with Crippen LogP contribution in [0.3, 0.4) is 0 Å². The molecule has 0 amide bonds. The quantitative estimate of drug-likeness (QED) is 0.724. The average Bonchev–Trinajstić information content (AvgIpc) is 2.95. The van der Waals surface area contributed by atoms with Gasteiger partial charge < -0.3 is 10.2 Å². The zero-order valence-corrected chi connectivity index (χ0v) is 15.6. The van der Waals surface area contributed by atoms with Gasteiger partial charge in [-0.3, -0.25) is 10.00 Å². The standard InChI is InChI=1S/C20H31N5/c1-17-20(18(2)23-22-17)15-21-9-6-10-24-11-13-25(14-12-24)16-19-7-4-3-5-8-19/h3-5,7-8,21H,6,9-16H2,1-2H3,(H,22,23). The highest BCUT2D eigenvalue weighted by molar-refractivity contribution is 5.22.